The molecule has 0 aromatic heterocycles. The Labute approximate surface area is 184 Å². The van der Waals surface area contributed by atoms with Gasteiger partial charge < -0.3 is 25.6 Å². The molecule has 1 heterocycles. The van der Waals surface area contributed by atoms with Gasteiger partial charge in [0.05, 0.1) is 12.8 Å². The molecular formula is C24H33N5O2. The molecule has 7 nitrogen and oxygen atoms in total. The third-order valence-corrected chi connectivity index (χ3v) is 5.35. The molecule has 2 aromatic rings. The molecule has 0 spiro atoms. The predicted octanol–water partition coefficient (Wildman–Crippen LogP) is 3.38. The van der Waals surface area contributed by atoms with Crippen LogP contribution in [0.4, 0.5) is 11.4 Å². The van der Waals surface area contributed by atoms with Crippen LogP contribution in [-0.2, 0) is 11.3 Å². The number of nitrogens with one attached hydrogen (secondary N) is 3. The van der Waals surface area contributed by atoms with Crippen LogP contribution in [0.3, 0.4) is 0 Å². The number of carbonyl (C=O) groups is 1. The largest absolute Gasteiger partial charge is 0.495 e. The molecule has 3 rings (SSSR count). The fraction of sp³-hybridized carbons (Fsp3) is 0.417. The van der Waals surface area contributed by atoms with Crippen molar-refractivity contribution < 1.29 is 9.53 Å². The zero-order chi connectivity index (χ0) is 22.1. The topological polar surface area (TPSA) is 78.0 Å². The summed E-state index contributed by atoms with van der Waals surface area (Å²) in [7, 11) is 3.50. The second-order valence-corrected chi connectivity index (χ2v) is 7.67. The van der Waals surface area contributed by atoms with Crippen LogP contribution >= 0.6 is 0 Å². The van der Waals surface area contributed by atoms with E-state index in [1.807, 2.05) is 49.4 Å². The first-order valence-electron chi connectivity index (χ1n) is 10.9. The Morgan fingerprint density at radius 2 is 1.97 bits per heavy atom. The number of benzene rings is 2. The number of aliphatic imine (C=N–C) groups is 1. The molecule has 0 bridgehead atoms. The van der Waals surface area contributed by atoms with Gasteiger partial charge in [0, 0.05) is 44.8 Å². The van der Waals surface area contributed by atoms with Crippen LogP contribution in [0.25, 0.3) is 0 Å². The summed E-state index contributed by atoms with van der Waals surface area (Å²) in [5.41, 5.74) is 3.08. The number of guanidine groups is 1. The molecule has 31 heavy (non-hydrogen) atoms. The van der Waals surface area contributed by atoms with E-state index in [0.717, 1.165) is 54.6 Å². The van der Waals surface area contributed by atoms with Crippen molar-refractivity contribution in [2.75, 3.05) is 37.5 Å². The average molecular weight is 424 g/mol. The van der Waals surface area contributed by atoms with Gasteiger partial charge in [-0.05, 0) is 42.7 Å². The summed E-state index contributed by atoms with van der Waals surface area (Å²) in [5, 5.41) is 9.81. The summed E-state index contributed by atoms with van der Waals surface area (Å²) in [6, 6.07) is 16.3. The molecule has 0 aliphatic carbocycles. The van der Waals surface area contributed by atoms with Crippen molar-refractivity contribution in [2.24, 2.45) is 4.99 Å². The molecule has 0 radical (unpaired) electrons. The van der Waals surface area contributed by atoms with Gasteiger partial charge in [0.2, 0.25) is 5.91 Å². The van der Waals surface area contributed by atoms with Gasteiger partial charge in [-0.3, -0.25) is 9.79 Å². The Hall–Kier alpha value is -3.22. The van der Waals surface area contributed by atoms with E-state index in [4.69, 9.17) is 4.74 Å². The van der Waals surface area contributed by atoms with Crippen molar-refractivity contribution in [3.8, 4) is 5.75 Å². The van der Waals surface area contributed by atoms with E-state index in [2.05, 4.69) is 31.9 Å². The minimum atomic E-state index is 0.0525. The summed E-state index contributed by atoms with van der Waals surface area (Å²) in [4.78, 5) is 18.4. The highest BCUT2D eigenvalue weighted by molar-refractivity contribution is 5.90. The predicted molar refractivity (Wildman–Crippen MR) is 127 cm³/mol. The summed E-state index contributed by atoms with van der Waals surface area (Å²) in [6.07, 6.45) is 2.42. The van der Waals surface area contributed by atoms with Gasteiger partial charge in [0.25, 0.3) is 0 Å². The molecule has 1 atom stereocenters. The molecule has 1 amide bonds. The molecule has 0 saturated carbocycles. The van der Waals surface area contributed by atoms with E-state index in [-0.39, 0.29) is 5.91 Å². The summed E-state index contributed by atoms with van der Waals surface area (Å²) < 4.78 is 5.50. The number of nitrogens with zero attached hydrogens (tertiary/aromatic N) is 2. The number of ether oxygens (including phenoxy) is 1. The SMILES string of the molecule is CCCC(=O)Nc1ccc(CNC(=NC)NC2CCN(c3ccccc3OC)C2)cc1. The van der Waals surface area contributed by atoms with Crippen LogP contribution in [0.1, 0.15) is 31.7 Å². The van der Waals surface area contributed by atoms with Gasteiger partial charge >= 0.3 is 0 Å². The van der Waals surface area contributed by atoms with E-state index in [0.29, 0.717) is 19.0 Å². The number of anilines is 2. The van der Waals surface area contributed by atoms with Crippen LogP contribution in [0.15, 0.2) is 53.5 Å². The molecule has 7 heteroatoms. The van der Waals surface area contributed by atoms with Crippen LogP contribution in [0.5, 0.6) is 5.75 Å². The number of methoxy groups -OCH3 is 1. The molecule has 1 saturated heterocycles. The molecule has 2 aromatic carbocycles. The lowest BCUT2D eigenvalue weighted by Gasteiger charge is -2.22. The number of amides is 1. The number of hydrogen-bond acceptors (Lipinski definition) is 4. The minimum Gasteiger partial charge on any atom is -0.495 e. The number of hydrogen-bond donors (Lipinski definition) is 3. The van der Waals surface area contributed by atoms with Crippen LogP contribution in [0, 0.1) is 0 Å². The van der Waals surface area contributed by atoms with E-state index in [1.54, 1.807) is 14.2 Å². The van der Waals surface area contributed by atoms with Crippen molar-refractivity contribution in [1.29, 1.82) is 0 Å². The molecule has 1 fully saturated rings. The van der Waals surface area contributed by atoms with Gasteiger partial charge in [-0.25, -0.2) is 0 Å². The quantitative estimate of drug-likeness (QED) is 0.448. The van der Waals surface area contributed by atoms with Crippen LogP contribution in [0.2, 0.25) is 0 Å². The summed E-state index contributed by atoms with van der Waals surface area (Å²) in [6.45, 7) is 4.52. The van der Waals surface area contributed by atoms with E-state index in [9.17, 15) is 4.79 Å². The van der Waals surface area contributed by atoms with E-state index < -0.39 is 0 Å². The monoisotopic (exact) mass is 423 g/mol. The maximum atomic E-state index is 11.7. The van der Waals surface area contributed by atoms with Gasteiger partial charge in [-0.2, -0.15) is 0 Å². The fourth-order valence-corrected chi connectivity index (χ4v) is 3.72. The Morgan fingerprint density at radius 1 is 1.19 bits per heavy atom. The summed E-state index contributed by atoms with van der Waals surface area (Å²) in [5.74, 6) is 1.74. The van der Waals surface area contributed by atoms with Crippen molar-refractivity contribution >= 4 is 23.2 Å². The fourth-order valence-electron chi connectivity index (χ4n) is 3.72. The summed E-state index contributed by atoms with van der Waals surface area (Å²) >= 11 is 0. The second-order valence-electron chi connectivity index (χ2n) is 7.67. The van der Waals surface area contributed by atoms with E-state index >= 15 is 0 Å². The third-order valence-electron chi connectivity index (χ3n) is 5.35. The second kappa shape index (κ2) is 11.2. The Morgan fingerprint density at radius 3 is 2.68 bits per heavy atom. The number of carbonyl (C=O) groups excluding carboxylic acids is 1. The Kier molecular flexibility index (Phi) is 8.15. The van der Waals surface area contributed by atoms with E-state index in [1.165, 1.54) is 0 Å². The van der Waals surface area contributed by atoms with Crippen LogP contribution < -0.4 is 25.6 Å². The highest BCUT2D eigenvalue weighted by Gasteiger charge is 2.25. The first-order valence-corrected chi connectivity index (χ1v) is 10.9. The standard InChI is InChI=1S/C24H33N5O2/c1-4-7-23(30)27-19-12-10-18(11-13-19)16-26-24(25-2)28-20-14-15-29(17-20)21-8-5-6-9-22(21)31-3/h5-6,8-13,20H,4,7,14-17H2,1-3H3,(H,27,30)(H2,25,26,28). The highest BCUT2D eigenvalue weighted by atomic mass is 16.5. The Bertz CT molecular complexity index is 882. The maximum Gasteiger partial charge on any atom is 0.224 e. The first kappa shape index (κ1) is 22.5. The molecular weight excluding hydrogens is 390 g/mol. The Balaban J connectivity index is 1.48. The number of rotatable bonds is 8. The van der Waals surface area contributed by atoms with Gasteiger partial charge in [0.1, 0.15) is 5.75 Å². The van der Waals surface area contributed by atoms with Crippen molar-refractivity contribution in [2.45, 2.75) is 38.8 Å². The molecule has 1 unspecified atom stereocenters. The average Bonchev–Trinajstić information content (AvgIpc) is 3.26. The highest BCUT2D eigenvalue weighted by Crippen LogP contribution is 2.30. The zero-order valence-electron chi connectivity index (χ0n) is 18.6. The van der Waals surface area contributed by atoms with Crippen molar-refractivity contribution in [3.05, 3.63) is 54.1 Å². The maximum absolute atomic E-state index is 11.7. The zero-order valence-corrected chi connectivity index (χ0v) is 18.6. The third kappa shape index (κ3) is 6.38. The van der Waals surface area contributed by atoms with Crippen LogP contribution in [-0.4, -0.2) is 45.2 Å². The first-order chi connectivity index (χ1) is 15.1. The lowest BCUT2D eigenvalue weighted by Crippen LogP contribution is -2.44. The lowest BCUT2D eigenvalue weighted by atomic mass is 10.2. The minimum absolute atomic E-state index is 0.0525. The van der Waals surface area contributed by atoms with Gasteiger partial charge in [0.15, 0.2) is 5.96 Å². The number of para-hydroxylation sites is 2. The smallest absolute Gasteiger partial charge is 0.224 e. The van der Waals surface area contributed by atoms with Gasteiger partial charge in [-0.1, -0.05) is 31.2 Å². The molecule has 166 valence electrons. The lowest BCUT2D eigenvalue weighted by molar-refractivity contribution is -0.116. The molecule has 1 aliphatic heterocycles. The van der Waals surface area contributed by atoms with Gasteiger partial charge in [-0.15, -0.1) is 0 Å². The van der Waals surface area contributed by atoms with Crippen molar-refractivity contribution in [1.82, 2.24) is 10.6 Å². The van der Waals surface area contributed by atoms with Crippen molar-refractivity contribution in [3.63, 3.8) is 0 Å². The molecule has 1 aliphatic rings. The molecule has 3 N–H and O–H groups in total. The normalized spacial score (nSPS) is 16.2.